The molecule has 6 heteroatoms. The van der Waals surface area contributed by atoms with E-state index >= 15 is 0 Å². The third-order valence-corrected chi connectivity index (χ3v) is 4.32. The van der Waals surface area contributed by atoms with E-state index in [9.17, 15) is 0 Å². The van der Waals surface area contributed by atoms with Gasteiger partial charge in [-0.15, -0.1) is 5.10 Å². The minimum atomic E-state index is 0.391. The first-order valence-electron chi connectivity index (χ1n) is 6.45. The average molecular weight is 278 g/mol. The first-order valence-corrected chi connectivity index (χ1v) is 6.83. The molecule has 0 bridgehead atoms. The van der Waals surface area contributed by atoms with E-state index in [1.54, 1.807) is 6.07 Å². The normalized spacial score (nSPS) is 16.5. The van der Waals surface area contributed by atoms with E-state index in [4.69, 9.17) is 17.3 Å². The van der Waals surface area contributed by atoms with Gasteiger partial charge in [0.2, 0.25) is 0 Å². The molecule has 1 aliphatic rings. The summed E-state index contributed by atoms with van der Waals surface area (Å²) in [5.74, 6) is 0.753. The standard InChI is InChI=1S/C13H16ClN5/c1-2-13(5-6-13)8-19-12(16-17-18-19)9-3-4-10(14)11(15)7-9/h3-4,7H,2,5-6,8,15H2,1H3. The van der Waals surface area contributed by atoms with Crippen LogP contribution in [0.2, 0.25) is 5.02 Å². The molecule has 0 atom stereocenters. The number of nitrogens with two attached hydrogens (primary N) is 1. The lowest BCUT2D eigenvalue weighted by molar-refractivity contribution is 0.382. The number of benzene rings is 1. The van der Waals surface area contributed by atoms with Crippen molar-refractivity contribution in [1.82, 2.24) is 20.2 Å². The number of halogens is 1. The molecule has 1 aromatic heterocycles. The lowest BCUT2D eigenvalue weighted by atomic mass is 10.0. The maximum atomic E-state index is 5.94. The first-order chi connectivity index (χ1) is 9.13. The molecule has 2 aromatic rings. The van der Waals surface area contributed by atoms with Gasteiger partial charge in [0.25, 0.3) is 0 Å². The molecule has 0 radical (unpaired) electrons. The summed E-state index contributed by atoms with van der Waals surface area (Å²) in [7, 11) is 0. The Hall–Kier alpha value is -1.62. The Morgan fingerprint density at radius 2 is 2.21 bits per heavy atom. The SMILES string of the molecule is CCC1(Cn2nnnc2-c2ccc(Cl)c(N)c2)CC1. The van der Waals surface area contributed by atoms with Crippen molar-refractivity contribution in [2.45, 2.75) is 32.7 Å². The van der Waals surface area contributed by atoms with E-state index in [0.717, 1.165) is 24.4 Å². The van der Waals surface area contributed by atoms with Crippen LogP contribution in [0, 0.1) is 5.41 Å². The van der Waals surface area contributed by atoms with E-state index in [1.807, 2.05) is 16.8 Å². The number of hydrogen-bond acceptors (Lipinski definition) is 4. The summed E-state index contributed by atoms with van der Waals surface area (Å²) < 4.78 is 1.87. The second kappa shape index (κ2) is 4.49. The topological polar surface area (TPSA) is 69.6 Å². The number of hydrogen-bond donors (Lipinski definition) is 1. The summed E-state index contributed by atoms with van der Waals surface area (Å²) in [6.07, 6.45) is 3.67. The van der Waals surface area contributed by atoms with Crippen LogP contribution < -0.4 is 5.73 Å². The van der Waals surface area contributed by atoms with Crippen LogP contribution in [0.15, 0.2) is 18.2 Å². The molecule has 0 spiro atoms. The molecule has 2 N–H and O–H groups in total. The molecule has 1 fully saturated rings. The van der Waals surface area contributed by atoms with Gasteiger partial charge in [-0.1, -0.05) is 18.5 Å². The number of rotatable bonds is 4. The lowest BCUT2D eigenvalue weighted by Gasteiger charge is -2.13. The Balaban J connectivity index is 1.93. The second-order valence-electron chi connectivity index (χ2n) is 5.25. The molecule has 0 saturated heterocycles. The third-order valence-electron chi connectivity index (χ3n) is 3.98. The molecular weight excluding hydrogens is 262 g/mol. The van der Waals surface area contributed by atoms with Gasteiger partial charge in [-0.05, 0) is 53.3 Å². The molecule has 1 aliphatic carbocycles. The second-order valence-corrected chi connectivity index (χ2v) is 5.66. The molecule has 5 nitrogen and oxygen atoms in total. The van der Waals surface area contributed by atoms with Gasteiger partial charge in [-0.25, -0.2) is 4.68 Å². The maximum absolute atomic E-state index is 5.94. The third kappa shape index (κ3) is 2.30. The Morgan fingerprint density at radius 3 is 2.84 bits per heavy atom. The van der Waals surface area contributed by atoms with Gasteiger partial charge in [0.05, 0.1) is 17.3 Å². The smallest absolute Gasteiger partial charge is 0.182 e. The van der Waals surface area contributed by atoms with Crippen molar-refractivity contribution in [2.24, 2.45) is 5.41 Å². The molecule has 19 heavy (non-hydrogen) atoms. The zero-order valence-electron chi connectivity index (χ0n) is 10.8. The van der Waals surface area contributed by atoms with Gasteiger partial charge in [0.15, 0.2) is 5.82 Å². The van der Waals surface area contributed by atoms with Crippen LogP contribution in [0.4, 0.5) is 5.69 Å². The number of tetrazole rings is 1. The van der Waals surface area contributed by atoms with Gasteiger partial charge in [-0.3, -0.25) is 0 Å². The van der Waals surface area contributed by atoms with E-state index in [-0.39, 0.29) is 0 Å². The molecular formula is C13H16ClN5. The predicted molar refractivity (Wildman–Crippen MR) is 74.6 cm³/mol. The van der Waals surface area contributed by atoms with Gasteiger partial charge in [-0.2, -0.15) is 0 Å². The Bertz CT molecular complexity index is 603. The van der Waals surface area contributed by atoms with Crippen molar-refractivity contribution >= 4 is 17.3 Å². The van der Waals surface area contributed by atoms with Crippen LogP contribution in [0.25, 0.3) is 11.4 Å². The number of aromatic nitrogens is 4. The van der Waals surface area contributed by atoms with Crippen molar-refractivity contribution < 1.29 is 0 Å². The van der Waals surface area contributed by atoms with E-state index in [0.29, 0.717) is 16.1 Å². The van der Waals surface area contributed by atoms with Crippen LogP contribution in [-0.2, 0) is 6.54 Å². The quantitative estimate of drug-likeness (QED) is 0.873. The lowest BCUT2D eigenvalue weighted by Crippen LogP contribution is -2.13. The van der Waals surface area contributed by atoms with Crippen molar-refractivity contribution in [3.63, 3.8) is 0 Å². The molecule has 1 heterocycles. The van der Waals surface area contributed by atoms with Crippen molar-refractivity contribution in [3.8, 4) is 11.4 Å². The summed E-state index contributed by atoms with van der Waals surface area (Å²) >= 11 is 5.94. The highest BCUT2D eigenvalue weighted by molar-refractivity contribution is 6.33. The minimum Gasteiger partial charge on any atom is -0.398 e. The number of nitrogens with zero attached hydrogens (tertiary/aromatic N) is 4. The molecule has 0 amide bonds. The van der Waals surface area contributed by atoms with Crippen molar-refractivity contribution in [2.75, 3.05) is 5.73 Å². The van der Waals surface area contributed by atoms with E-state index in [1.165, 1.54) is 12.8 Å². The van der Waals surface area contributed by atoms with Crippen molar-refractivity contribution in [1.29, 1.82) is 0 Å². The average Bonchev–Trinajstić information content (AvgIpc) is 3.03. The van der Waals surface area contributed by atoms with E-state index < -0.39 is 0 Å². The number of nitrogen functional groups attached to an aromatic ring is 1. The van der Waals surface area contributed by atoms with Gasteiger partial charge in [0, 0.05) is 5.56 Å². The Morgan fingerprint density at radius 1 is 1.42 bits per heavy atom. The molecule has 1 saturated carbocycles. The fourth-order valence-corrected chi connectivity index (χ4v) is 2.44. The maximum Gasteiger partial charge on any atom is 0.182 e. The zero-order valence-corrected chi connectivity index (χ0v) is 11.6. The van der Waals surface area contributed by atoms with Crippen LogP contribution in [-0.4, -0.2) is 20.2 Å². The molecule has 3 rings (SSSR count). The Labute approximate surface area is 116 Å². The predicted octanol–water partition coefficient (Wildman–Crippen LogP) is 2.77. The molecule has 0 aliphatic heterocycles. The molecule has 1 aromatic carbocycles. The van der Waals surface area contributed by atoms with E-state index in [2.05, 4.69) is 22.4 Å². The van der Waals surface area contributed by atoms with Crippen LogP contribution in [0.3, 0.4) is 0 Å². The largest absolute Gasteiger partial charge is 0.398 e. The van der Waals surface area contributed by atoms with Crippen LogP contribution in [0.5, 0.6) is 0 Å². The summed E-state index contributed by atoms with van der Waals surface area (Å²) in [5.41, 5.74) is 7.67. The molecule has 0 unspecified atom stereocenters. The zero-order chi connectivity index (χ0) is 13.5. The van der Waals surface area contributed by atoms with Crippen LogP contribution >= 0.6 is 11.6 Å². The van der Waals surface area contributed by atoms with Gasteiger partial charge in [0.1, 0.15) is 0 Å². The highest BCUT2D eigenvalue weighted by Gasteiger charge is 2.41. The summed E-state index contributed by atoms with van der Waals surface area (Å²) in [6.45, 7) is 3.09. The van der Waals surface area contributed by atoms with Crippen LogP contribution in [0.1, 0.15) is 26.2 Å². The number of anilines is 1. The first kappa shape index (κ1) is 12.4. The van der Waals surface area contributed by atoms with Crippen molar-refractivity contribution in [3.05, 3.63) is 23.2 Å². The highest BCUT2D eigenvalue weighted by Crippen LogP contribution is 2.50. The monoisotopic (exact) mass is 277 g/mol. The Kier molecular flexibility index (Phi) is 2.93. The summed E-state index contributed by atoms with van der Waals surface area (Å²) in [6, 6.07) is 5.49. The van der Waals surface area contributed by atoms with Gasteiger partial charge >= 0.3 is 0 Å². The fourth-order valence-electron chi connectivity index (χ4n) is 2.32. The highest BCUT2D eigenvalue weighted by atomic mass is 35.5. The van der Waals surface area contributed by atoms with Gasteiger partial charge < -0.3 is 5.73 Å². The molecule has 100 valence electrons. The summed E-state index contributed by atoms with van der Waals surface area (Å²) in [5, 5.41) is 12.5. The summed E-state index contributed by atoms with van der Waals surface area (Å²) in [4.78, 5) is 0. The minimum absolute atomic E-state index is 0.391. The fraction of sp³-hybridized carbons (Fsp3) is 0.462.